The third kappa shape index (κ3) is 3.89. The molecule has 2 aromatic heterocycles. The van der Waals surface area contributed by atoms with Crippen LogP contribution < -0.4 is 10.6 Å². The zero-order valence-electron chi connectivity index (χ0n) is 10.2. The summed E-state index contributed by atoms with van der Waals surface area (Å²) in [5, 5.41) is 15.0. The lowest BCUT2D eigenvalue weighted by atomic mass is 10.4. The molecule has 7 heteroatoms. The fraction of sp³-hybridized carbons (Fsp3) is 0.250. The van der Waals surface area contributed by atoms with Crippen molar-refractivity contribution in [2.45, 2.75) is 6.42 Å². The third-order valence-electron chi connectivity index (χ3n) is 2.30. The monoisotopic (exact) mass is 255 g/mol. The largest absolute Gasteiger partial charge is 0.368 e. The van der Waals surface area contributed by atoms with Gasteiger partial charge in [-0.25, -0.2) is 19.9 Å². The van der Waals surface area contributed by atoms with Crippen molar-refractivity contribution in [3.05, 3.63) is 36.5 Å². The van der Waals surface area contributed by atoms with Crippen molar-refractivity contribution in [3.63, 3.8) is 0 Å². The van der Waals surface area contributed by atoms with Crippen molar-refractivity contribution in [3.8, 4) is 6.07 Å². The molecule has 2 rings (SSSR count). The number of nitrogens with zero attached hydrogens (tertiary/aromatic N) is 5. The molecule has 0 bridgehead atoms. The van der Waals surface area contributed by atoms with Crippen LogP contribution in [0.4, 0.5) is 11.8 Å². The maximum absolute atomic E-state index is 8.85. The Labute approximate surface area is 110 Å². The molecule has 0 unspecified atom stereocenters. The first-order valence-corrected chi connectivity index (χ1v) is 5.86. The first kappa shape index (κ1) is 12.7. The molecule has 0 amide bonds. The second-order valence-corrected chi connectivity index (χ2v) is 3.64. The summed E-state index contributed by atoms with van der Waals surface area (Å²) >= 11 is 0. The van der Waals surface area contributed by atoms with Crippen LogP contribution in [0.3, 0.4) is 0 Å². The van der Waals surface area contributed by atoms with Gasteiger partial charge < -0.3 is 10.6 Å². The van der Waals surface area contributed by atoms with E-state index < -0.39 is 0 Å². The van der Waals surface area contributed by atoms with Gasteiger partial charge in [0.1, 0.15) is 6.07 Å². The van der Waals surface area contributed by atoms with Gasteiger partial charge in [0, 0.05) is 37.9 Å². The van der Waals surface area contributed by atoms with Gasteiger partial charge in [-0.3, -0.25) is 0 Å². The highest BCUT2D eigenvalue weighted by atomic mass is 15.1. The summed E-state index contributed by atoms with van der Waals surface area (Å²) in [5.74, 6) is 1.13. The highest BCUT2D eigenvalue weighted by Crippen LogP contribution is 2.05. The fourth-order valence-corrected chi connectivity index (χ4v) is 1.43. The molecule has 0 aliphatic carbocycles. The molecule has 0 atom stereocenters. The Hall–Kier alpha value is -2.75. The van der Waals surface area contributed by atoms with Crippen molar-refractivity contribution in [1.82, 2.24) is 19.9 Å². The van der Waals surface area contributed by atoms with Gasteiger partial charge in [-0.1, -0.05) is 0 Å². The van der Waals surface area contributed by atoms with Crippen LogP contribution in [0.5, 0.6) is 0 Å². The van der Waals surface area contributed by atoms with E-state index in [1.54, 1.807) is 24.7 Å². The molecule has 0 saturated heterocycles. The van der Waals surface area contributed by atoms with Gasteiger partial charge in [-0.15, -0.1) is 0 Å². The number of nitriles is 1. The minimum atomic E-state index is 0.307. The molecule has 0 aliphatic heterocycles. The number of rotatable bonds is 6. The zero-order chi connectivity index (χ0) is 13.3. The number of anilines is 2. The lowest BCUT2D eigenvalue weighted by Gasteiger charge is -2.06. The molecule has 0 saturated carbocycles. The molecule has 2 N–H and O–H groups in total. The van der Waals surface area contributed by atoms with Gasteiger partial charge in [0.05, 0.1) is 0 Å². The van der Waals surface area contributed by atoms with Gasteiger partial charge >= 0.3 is 0 Å². The molecule has 0 aromatic carbocycles. The van der Waals surface area contributed by atoms with Crippen molar-refractivity contribution in [2.75, 3.05) is 23.7 Å². The van der Waals surface area contributed by atoms with E-state index in [1.807, 2.05) is 6.07 Å². The molecular weight excluding hydrogens is 242 g/mol. The van der Waals surface area contributed by atoms with E-state index in [-0.39, 0.29) is 0 Å². The quantitative estimate of drug-likeness (QED) is 0.744. The molecule has 7 nitrogen and oxygen atoms in total. The first-order chi connectivity index (χ1) is 9.40. The highest BCUT2D eigenvalue weighted by molar-refractivity contribution is 5.46. The minimum absolute atomic E-state index is 0.307. The van der Waals surface area contributed by atoms with E-state index in [9.17, 15) is 0 Å². The van der Waals surface area contributed by atoms with Gasteiger partial charge in [0.2, 0.25) is 5.95 Å². The smallest absolute Gasteiger partial charge is 0.222 e. The van der Waals surface area contributed by atoms with E-state index in [2.05, 4.69) is 30.6 Å². The predicted octanol–water partition coefficient (Wildman–Crippen LogP) is 1.05. The van der Waals surface area contributed by atoms with E-state index in [4.69, 9.17) is 5.26 Å². The SMILES string of the molecule is N#Cc1nccnc1NCCCNc1ncccn1. The molecule has 96 valence electrons. The normalized spacial score (nSPS) is 9.63. The molecular formula is C12H13N7. The highest BCUT2D eigenvalue weighted by Gasteiger charge is 2.02. The second kappa shape index (κ2) is 6.86. The van der Waals surface area contributed by atoms with Crippen LogP contribution in [-0.2, 0) is 0 Å². The van der Waals surface area contributed by atoms with Crippen molar-refractivity contribution < 1.29 is 0 Å². The van der Waals surface area contributed by atoms with E-state index >= 15 is 0 Å². The van der Waals surface area contributed by atoms with Crippen LogP contribution in [0.15, 0.2) is 30.9 Å². The summed E-state index contributed by atoms with van der Waals surface area (Å²) in [4.78, 5) is 16.1. The average Bonchev–Trinajstić information content (AvgIpc) is 2.48. The van der Waals surface area contributed by atoms with E-state index in [1.165, 1.54) is 6.20 Å². The van der Waals surface area contributed by atoms with Crippen LogP contribution in [0.1, 0.15) is 12.1 Å². The van der Waals surface area contributed by atoms with Crippen molar-refractivity contribution in [1.29, 1.82) is 5.26 Å². The number of hydrogen-bond donors (Lipinski definition) is 2. The summed E-state index contributed by atoms with van der Waals surface area (Å²) < 4.78 is 0. The Morgan fingerprint density at radius 1 is 0.947 bits per heavy atom. The van der Waals surface area contributed by atoms with Crippen molar-refractivity contribution in [2.24, 2.45) is 0 Å². The summed E-state index contributed by atoms with van der Waals surface area (Å²) in [7, 11) is 0. The molecule has 0 spiro atoms. The van der Waals surface area contributed by atoms with E-state index in [0.29, 0.717) is 24.0 Å². The predicted molar refractivity (Wildman–Crippen MR) is 70.4 cm³/mol. The van der Waals surface area contributed by atoms with Crippen LogP contribution in [0, 0.1) is 11.3 Å². The van der Waals surface area contributed by atoms with Crippen LogP contribution in [0.25, 0.3) is 0 Å². The maximum atomic E-state index is 8.85. The summed E-state index contributed by atoms with van der Waals surface area (Å²) in [6.07, 6.45) is 7.27. The fourth-order valence-electron chi connectivity index (χ4n) is 1.43. The van der Waals surface area contributed by atoms with E-state index in [0.717, 1.165) is 13.0 Å². The number of nitrogens with one attached hydrogen (secondary N) is 2. The van der Waals surface area contributed by atoms with Crippen LogP contribution >= 0.6 is 0 Å². The Balaban J connectivity index is 1.71. The Bertz CT molecular complexity index is 550. The minimum Gasteiger partial charge on any atom is -0.368 e. The van der Waals surface area contributed by atoms with Crippen molar-refractivity contribution >= 4 is 11.8 Å². The Morgan fingerprint density at radius 2 is 1.68 bits per heavy atom. The molecule has 0 aliphatic rings. The summed E-state index contributed by atoms with van der Waals surface area (Å²) in [6, 6.07) is 3.76. The van der Waals surface area contributed by atoms with Crippen LogP contribution in [-0.4, -0.2) is 33.0 Å². The topological polar surface area (TPSA) is 99.4 Å². The molecule has 2 heterocycles. The molecule has 0 radical (unpaired) electrons. The average molecular weight is 255 g/mol. The van der Waals surface area contributed by atoms with Gasteiger partial charge in [-0.2, -0.15) is 5.26 Å². The molecule has 19 heavy (non-hydrogen) atoms. The number of aromatic nitrogens is 4. The first-order valence-electron chi connectivity index (χ1n) is 5.86. The molecule has 2 aromatic rings. The second-order valence-electron chi connectivity index (χ2n) is 3.64. The van der Waals surface area contributed by atoms with Gasteiger partial charge in [0.25, 0.3) is 0 Å². The van der Waals surface area contributed by atoms with Crippen LogP contribution in [0.2, 0.25) is 0 Å². The third-order valence-corrected chi connectivity index (χ3v) is 2.30. The Morgan fingerprint density at radius 3 is 2.47 bits per heavy atom. The van der Waals surface area contributed by atoms with Gasteiger partial charge in [-0.05, 0) is 12.5 Å². The standard InChI is InChI=1S/C12H13N7/c13-9-10-11(16-8-7-14-10)15-3-1-4-17-12-18-5-2-6-19-12/h2,5-8H,1,3-4H2,(H,15,16)(H,17,18,19). The molecule has 0 fully saturated rings. The summed E-state index contributed by atoms with van der Waals surface area (Å²) in [6.45, 7) is 1.42. The van der Waals surface area contributed by atoms with Gasteiger partial charge in [0.15, 0.2) is 11.5 Å². The Kier molecular flexibility index (Phi) is 4.58. The maximum Gasteiger partial charge on any atom is 0.222 e. The lowest BCUT2D eigenvalue weighted by Crippen LogP contribution is -2.12. The summed E-state index contributed by atoms with van der Waals surface area (Å²) in [5.41, 5.74) is 0.307. The zero-order valence-corrected chi connectivity index (χ0v) is 10.2. The lowest BCUT2D eigenvalue weighted by molar-refractivity contribution is 0.887. The number of hydrogen-bond acceptors (Lipinski definition) is 7.